The average Bonchev–Trinajstić information content (AvgIpc) is 2.41. The van der Waals surface area contributed by atoms with Crippen LogP contribution in [0.15, 0.2) is 47.8 Å². The zero-order valence-electron chi connectivity index (χ0n) is 13.1. The molecule has 2 rings (SSSR count). The molecule has 0 amide bonds. The number of rotatable bonds is 4. The first kappa shape index (κ1) is 15.4. The Morgan fingerprint density at radius 3 is 2.38 bits per heavy atom. The van der Waals surface area contributed by atoms with Crippen molar-refractivity contribution in [3.63, 3.8) is 0 Å². The lowest BCUT2D eigenvalue weighted by Gasteiger charge is -2.31. The lowest BCUT2D eigenvalue weighted by molar-refractivity contribution is -0.133. The Morgan fingerprint density at radius 1 is 1.24 bits per heavy atom. The van der Waals surface area contributed by atoms with Crippen LogP contribution in [0, 0.1) is 12.8 Å². The monoisotopic (exact) mass is 285 g/mol. The molecule has 0 aliphatic carbocycles. The number of allylic oxidation sites excluding steroid dienone is 2. The van der Waals surface area contributed by atoms with Crippen LogP contribution in [0.2, 0.25) is 0 Å². The van der Waals surface area contributed by atoms with Crippen LogP contribution in [0.1, 0.15) is 37.8 Å². The summed E-state index contributed by atoms with van der Waals surface area (Å²) in [5.41, 5.74) is 3.52. The second-order valence-electron chi connectivity index (χ2n) is 6.08. The molecule has 1 heterocycles. The van der Waals surface area contributed by atoms with Crippen molar-refractivity contribution in [3.05, 3.63) is 58.9 Å². The van der Waals surface area contributed by atoms with Gasteiger partial charge in [-0.25, -0.2) is 4.79 Å². The maximum absolute atomic E-state index is 11.7. The molecule has 112 valence electrons. The first-order valence-electron chi connectivity index (χ1n) is 7.35. The Hall–Kier alpha value is -2.03. The fraction of sp³-hybridized carbons (Fsp3) is 0.389. The van der Waals surface area contributed by atoms with E-state index in [2.05, 4.69) is 13.8 Å². The van der Waals surface area contributed by atoms with Crippen molar-refractivity contribution in [1.29, 1.82) is 0 Å². The second kappa shape index (κ2) is 6.17. The highest BCUT2D eigenvalue weighted by molar-refractivity contribution is 5.90. The predicted molar refractivity (Wildman–Crippen MR) is 84.9 cm³/mol. The molecule has 1 unspecified atom stereocenters. The van der Waals surface area contributed by atoms with E-state index in [4.69, 9.17) is 0 Å². The molecular weight excluding hydrogens is 262 g/mol. The number of benzene rings is 1. The van der Waals surface area contributed by atoms with Crippen LogP contribution in [-0.2, 0) is 4.79 Å². The minimum absolute atomic E-state index is 0.175. The predicted octanol–water partition coefficient (Wildman–Crippen LogP) is 3.92. The van der Waals surface area contributed by atoms with E-state index < -0.39 is 5.97 Å². The van der Waals surface area contributed by atoms with E-state index in [1.54, 1.807) is 0 Å². The van der Waals surface area contributed by atoms with Crippen molar-refractivity contribution in [3.8, 4) is 0 Å². The summed E-state index contributed by atoms with van der Waals surface area (Å²) in [5.74, 6) is -0.529. The molecule has 0 fully saturated rings. The molecule has 3 heteroatoms. The van der Waals surface area contributed by atoms with Crippen molar-refractivity contribution >= 4 is 5.97 Å². The van der Waals surface area contributed by atoms with Crippen LogP contribution in [0.25, 0.3) is 0 Å². The molecule has 21 heavy (non-hydrogen) atoms. The zero-order chi connectivity index (χ0) is 15.6. The minimum atomic E-state index is -0.837. The van der Waals surface area contributed by atoms with E-state index in [-0.39, 0.29) is 5.92 Å². The van der Waals surface area contributed by atoms with E-state index in [1.165, 1.54) is 5.56 Å². The maximum atomic E-state index is 11.7. The first-order chi connectivity index (χ1) is 9.90. The summed E-state index contributed by atoms with van der Waals surface area (Å²) in [6, 6.07) is 8.08. The Bertz CT molecular complexity index is 582. The van der Waals surface area contributed by atoms with Crippen LogP contribution >= 0.6 is 0 Å². The van der Waals surface area contributed by atoms with Crippen molar-refractivity contribution in [2.24, 2.45) is 5.92 Å². The van der Waals surface area contributed by atoms with Crippen molar-refractivity contribution < 1.29 is 9.90 Å². The Labute approximate surface area is 126 Å². The van der Waals surface area contributed by atoms with Gasteiger partial charge in [-0.2, -0.15) is 0 Å². The minimum Gasteiger partial charge on any atom is -0.478 e. The molecule has 0 saturated carbocycles. The third-order valence-electron chi connectivity index (χ3n) is 3.82. The molecule has 0 radical (unpaired) electrons. The van der Waals surface area contributed by atoms with E-state index in [0.29, 0.717) is 11.5 Å². The smallest absolute Gasteiger partial charge is 0.334 e. The van der Waals surface area contributed by atoms with Crippen molar-refractivity contribution in [2.45, 2.75) is 33.6 Å². The molecule has 1 atom stereocenters. The van der Waals surface area contributed by atoms with Gasteiger partial charge >= 0.3 is 5.97 Å². The topological polar surface area (TPSA) is 40.5 Å². The fourth-order valence-corrected chi connectivity index (χ4v) is 2.71. The van der Waals surface area contributed by atoms with Crippen molar-refractivity contribution in [1.82, 2.24) is 4.90 Å². The SMILES string of the molecule is CC1=C(C(=O)O)C(c2ccc(C)cc2)C=CN1CC(C)C. The fourth-order valence-electron chi connectivity index (χ4n) is 2.71. The molecule has 0 spiro atoms. The normalized spacial score (nSPS) is 18.5. The number of hydrogen-bond donors (Lipinski definition) is 1. The van der Waals surface area contributed by atoms with Crippen LogP contribution < -0.4 is 0 Å². The van der Waals surface area contributed by atoms with Gasteiger partial charge in [0, 0.05) is 24.4 Å². The maximum Gasteiger partial charge on any atom is 0.334 e. The highest BCUT2D eigenvalue weighted by Crippen LogP contribution is 2.34. The third kappa shape index (κ3) is 3.35. The Kier molecular flexibility index (Phi) is 4.51. The summed E-state index contributed by atoms with van der Waals surface area (Å²) < 4.78 is 0. The molecule has 1 N–H and O–H groups in total. The van der Waals surface area contributed by atoms with Gasteiger partial charge in [-0.1, -0.05) is 49.8 Å². The van der Waals surface area contributed by atoms with Crippen LogP contribution in [0.5, 0.6) is 0 Å². The van der Waals surface area contributed by atoms with E-state index in [1.807, 2.05) is 55.3 Å². The molecule has 1 aliphatic rings. The summed E-state index contributed by atoms with van der Waals surface area (Å²) >= 11 is 0. The highest BCUT2D eigenvalue weighted by Gasteiger charge is 2.28. The van der Waals surface area contributed by atoms with Gasteiger partial charge in [-0.15, -0.1) is 0 Å². The summed E-state index contributed by atoms with van der Waals surface area (Å²) in [4.78, 5) is 13.8. The van der Waals surface area contributed by atoms with Gasteiger partial charge in [0.1, 0.15) is 0 Å². The standard InChI is InChI=1S/C18H23NO2/c1-12(2)11-19-10-9-16(17(14(19)4)18(20)21)15-7-5-13(3)6-8-15/h5-10,12,16H,11H2,1-4H3,(H,20,21). The molecule has 1 aromatic carbocycles. The van der Waals surface area contributed by atoms with Crippen molar-refractivity contribution in [2.75, 3.05) is 6.54 Å². The summed E-state index contributed by atoms with van der Waals surface area (Å²) in [6.07, 6.45) is 4.01. The van der Waals surface area contributed by atoms with Gasteiger partial charge in [0.2, 0.25) is 0 Å². The third-order valence-corrected chi connectivity index (χ3v) is 3.82. The number of aryl methyl sites for hydroxylation is 1. The van der Waals surface area contributed by atoms with Crippen LogP contribution in [-0.4, -0.2) is 22.5 Å². The van der Waals surface area contributed by atoms with Gasteiger partial charge in [-0.3, -0.25) is 0 Å². The average molecular weight is 285 g/mol. The highest BCUT2D eigenvalue weighted by atomic mass is 16.4. The molecule has 3 nitrogen and oxygen atoms in total. The number of carboxylic acids is 1. The molecular formula is C18H23NO2. The van der Waals surface area contributed by atoms with E-state index in [9.17, 15) is 9.90 Å². The molecule has 1 aliphatic heterocycles. The summed E-state index contributed by atoms with van der Waals surface area (Å²) in [7, 11) is 0. The second-order valence-corrected chi connectivity index (χ2v) is 6.08. The lowest BCUT2D eigenvalue weighted by Crippen LogP contribution is -2.28. The number of carboxylic acid groups (broad SMARTS) is 1. The molecule has 0 bridgehead atoms. The number of aliphatic carboxylic acids is 1. The van der Waals surface area contributed by atoms with Gasteiger partial charge in [0.25, 0.3) is 0 Å². The quantitative estimate of drug-likeness (QED) is 0.911. The van der Waals surface area contributed by atoms with Gasteiger partial charge in [0.05, 0.1) is 5.57 Å². The lowest BCUT2D eigenvalue weighted by atomic mass is 9.87. The van der Waals surface area contributed by atoms with Gasteiger partial charge < -0.3 is 10.0 Å². The van der Waals surface area contributed by atoms with Crippen LogP contribution in [0.4, 0.5) is 0 Å². The summed E-state index contributed by atoms with van der Waals surface area (Å²) in [6.45, 7) is 9.03. The Balaban J connectivity index is 2.39. The number of hydrogen-bond acceptors (Lipinski definition) is 2. The number of nitrogens with zero attached hydrogens (tertiary/aromatic N) is 1. The molecule has 0 aromatic heterocycles. The summed E-state index contributed by atoms with van der Waals surface area (Å²) in [5, 5.41) is 9.63. The molecule has 1 aromatic rings. The van der Waals surface area contributed by atoms with Gasteiger partial charge in [-0.05, 0) is 25.3 Å². The zero-order valence-corrected chi connectivity index (χ0v) is 13.1. The molecule has 0 saturated heterocycles. The number of carbonyl (C=O) groups is 1. The first-order valence-corrected chi connectivity index (χ1v) is 7.35. The van der Waals surface area contributed by atoms with E-state index >= 15 is 0 Å². The van der Waals surface area contributed by atoms with Crippen LogP contribution in [0.3, 0.4) is 0 Å². The largest absolute Gasteiger partial charge is 0.478 e. The van der Waals surface area contributed by atoms with E-state index in [0.717, 1.165) is 17.8 Å². The Morgan fingerprint density at radius 2 is 1.86 bits per heavy atom. The van der Waals surface area contributed by atoms with Gasteiger partial charge in [0.15, 0.2) is 0 Å².